The molecule has 212 valence electrons. The number of halogens is 1. The number of rotatable bonds is 9. The van der Waals surface area contributed by atoms with Crippen molar-refractivity contribution >= 4 is 11.6 Å². The Hall–Kier alpha value is -1.15. The molecule has 6 nitrogen and oxygen atoms in total. The van der Waals surface area contributed by atoms with E-state index in [1.165, 1.54) is 37.9 Å². The summed E-state index contributed by atoms with van der Waals surface area (Å²) >= 11 is 6.25. The lowest BCUT2D eigenvalue weighted by Gasteiger charge is -2.49. The van der Waals surface area contributed by atoms with Gasteiger partial charge in [0.15, 0.2) is 0 Å². The Balaban J connectivity index is 0. The van der Waals surface area contributed by atoms with Crippen molar-refractivity contribution in [2.75, 3.05) is 19.6 Å². The summed E-state index contributed by atoms with van der Waals surface area (Å²) in [4.78, 5) is 2.71. The molecule has 36 heavy (non-hydrogen) atoms. The second-order valence-corrected chi connectivity index (χ2v) is 11.8. The molecule has 1 aromatic carbocycles. The third-order valence-corrected chi connectivity index (χ3v) is 7.80. The maximum Gasteiger partial charge on any atom is 0.120 e. The smallest absolute Gasteiger partial charge is 0.120 e. The number of benzene rings is 1. The number of nitrogens with zero attached hydrogens (tertiary/aromatic N) is 1. The topological polar surface area (TPSA) is 119 Å². The van der Waals surface area contributed by atoms with Gasteiger partial charge in [-0.25, -0.2) is 0 Å². The van der Waals surface area contributed by atoms with Gasteiger partial charge in [0, 0.05) is 30.7 Å². The predicted octanol–water partition coefficient (Wildman–Crippen LogP) is 5.02. The molecule has 0 spiro atoms. The Labute approximate surface area is 225 Å². The van der Waals surface area contributed by atoms with Gasteiger partial charge in [-0.2, -0.15) is 0 Å². The molecule has 0 aromatic heterocycles. The van der Waals surface area contributed by atoms with Crippen LogP contribution in [0.5, 0.6) is 5.75 Å². The van der Waals surface area contributed by atoms with Crippen LogP contribution in [-0.2, 0) is 6.54 Å². The van der Waals surface area contributed by atoms with Crippen LogP contribution in [0.2, 0.25) is 0 Å². The second kappa shape index (κ2) is 16.6. The summed E-state index contributed by atoms with van der Waals surface area (Å²) in [6.45, 7) is 18.2. The molecule has 1 saturated heterocycles. The number of ether oxygens (including phenoxy) is 1. The Morgan fingerprint density at radius 1 is 1.11 bits per heavy atom. The number of likely N-dealkylation sites (tertiary alicyclic amines) is 1. The van der Waals surface area contributed by atoms with Gasteiger partial charge in [0.1, 0.15) is 5.75 Å². The van der Waals surface area contributed by atoms with Gasteiger partial charge >= 0.3 is 0 Å². The second-order valence-electron chi connectivity index (χ2n) is 11.3. The van der Waals surface area contributed by atoms with Crippen LogP contribution in [0.1, 0.15) is 80.2 Å². The van der Waals surface area contributed by atoms with Gasteiger partial charge in [-0.15, -0.1) is 0 Å². The van der Waals surface area contributed by atoms with Gasteiger partial charge in [0.25, 0.3) is 0 Å². The van der Waals surface area contributed by atoms with E-state index in [1.54, 1.807) is 0 Å². The Morgan fingerprint density at radius 3 is 2.36 bits per heavy atom. The van der Waals surface area contributed by atoms with E-state index < -0.39 is 0 Å². The number of hydrogen-bond donors (Lipinski definition) is 1. The van der Waals surface area contributed by atoms with Crippen LogP contribution < -0.4 is 10.1 Å². The first kappa shape index (κ1) is 37.0. The summed E-state index contributed by atoms with van der Waals surface area (Å²) in [5.41, 5.74) is 1.64. The molecule has 1 unspecified atom stereocenters. The van der Waals surface area contributed by atoms with Crippen molar-refractivity contribution in [3.8, 4) is 5.75 Å². The summed E-state index contributed by atoms with van der Waals surface area (Å²) in [6.07, 6.45) is 7.29. The van der Waals surface area contributed by atoms with Crippen LogP contribution in [0, 0.1) is 23.2 Å². The summed E-state index contributed by atoms with van der Waals surface area (Å²) in [5, 5.41) is 4.92. The van der Waals surface area contributed by atoms with Gasteiger partial charge in [0.2, 0.25) is 0 Å². The van der Waals surface area contributed by atoms with Crippen molar-refractivity contribution in [1.29, 1.82) is 0 Å². The first-order valence-corrected chi connectivity index (χ1v) is 13.1. The minimum atomic E-state index is 0. The van der Waals surface area contributed by atoms with Gasteiger partial charge in [-0.3, -0.25) is 0 Å². The van der Waals surface area contributed by atoms with Gasteiger partial charge in [0.05, 0.1) is 6.10 Å². The fourth-order valence-electron chi connectivity index (χ4n) is 5.74. The van der Waals surface area contributed by atoms with Crippen molar-refractivity contribution in [2.45, 2.75) is 93.3 Å². The van der Waals surface area contributed by atoms with E-state index in [2.05, 4.69) is 76.0 Å². The summed E-state index contributed by atoms with van der Waals surface area (Å²) in [7, 11) is 0. The molecular weight excluding hydrogens is 476 g/mol. The van der Waals surface area contributed by atoms with Gasteiger partial charge in [-0.1, -0.05) is 64.9 Å². The minimum Gasteiger partial charge on any atom is -0.491 e. The van der Waals surface area contributed by atoms with E-state index in [-0.39, 0.29) is 30.0 Å². The Morgan fingerprint density at radius 2 is 1.81 bits per heavy atom. The molecule has 0 saturated carbocycles. The number of allylic oxidation sites excluding steroid dienone is 2. The molecule has 1 fully saturated rings. The molecule has 1 heterocycles. The van der Waals surface area contributed by atoms with Crippen LogP contribution in [-0.4, -0.2) is 53.1 Å². The summed E-state index contributed by atoms with van der Waals surface area (Å²) < 4.78 is 5.87. The van der Waals surface area contributed by atoms with Crippen LogP contribution in [0.4, 0.5) is 0 Å². The monoisotopic (exact) mass is 530 g/mol. The lowest BCUT2D eigenvalue weighted by atomic mass is 9.65. The highest BCUT2D eigenvalue weighted by Crippen LogP contribution is 2.45. The fourth-order valence-corrected chi connectivity index (χ4v) is 5.94. The summed E-state index contributed by atoms with van der Waals surface area (Å²) in [5.74, 6) is 3.16. The molecule has 7 heteroatoms. The molecule has 0 amide bonds. The lowest BCUT2D eigenvalue weighted by molar-refractivity contribution is 0.0117. The molecule has 7 N–H and O–H groups in total. The van der Waals surface area contributed by atoms with Crippen LogP contribution in [0.3, 0.4) is 0 Å². The van der Waals surface area contributed by atoms with Crippen LogP contribution in [0.15, 0.2) is 35.4 Å². The Bertz CT molecular complexity index is 769. The third-order valence-electron chi connectivity index (χ3n) is 7.45. The highest BCUT2D eigenvalue weighted by Gasteiger charge is 2.40. The number of hydrogen-bond acceptors (Lipinski definition) is 3. The quantitative estimate of drug-likeness (QED) is 0.482. The SMILES string of the molecule is C.CC(C)Oc1cccc(CN[C@@H](CN2CC[C@H](C3CC=C(Cl)CC3)C(C)(C)C2)C(C)C)c1.O.O.O. The molecule has 0 bridgehead atoms. The molecule has 1 aromatic rings. The average Bonchev–Trinajstić information content (AvgIpc) is 2.71. The predicted molar refractivity (Wildman–Crippen MR) is 155 cm³/mol. The van der Waals surface area contributed by atoms with Crippen LogP contribution in [0.25, 0.3) is 0 Å². The standard InChI is InChI=1S/C28H45ClN2O.CH4.3H2O/c1-20(2)27(30-17-22-8-7-9-25(16-22)32-21(3)4)18-31-15-14-26(28(5,6)19-31)23-10-12-24(29)13-11-23;;;;/h7-9,12,16,20-21,23,26-27,30H,10-11,13-15,17-19H2,1-6H3;1H4;3*1H2/t23?,26-,27+;;;;/m1..../s1. The van der Waals surface area contributed by atoms with Crippen molar-refractivity contribution in [1.82, 2.24) is 10.2 Å². The first-order chi connectivity index (χ1) is 15.1. The van der Waals surface area contributed by atoms with E-state index in [0.717, 1.165) is 42.1 Å². The largest absolute Gasteiger partial charge is 0.491 e. The Kier molecular flexibility index (Phi) is 17.1. The zero-order chi connectivity index (χ0) is 23.3. The van der Waals surface area contributed by atoms with E-state index in [0.29, 0.717) is 17.4 Å². The summed E-state index contributed by atoms with van der Waals surface area (Å²) in [6, 6.07) is 8.99. The highest BCUT2D eigenvalue weighted by molar-refractivity contribution is 6.29. The van der Waals surface area contributed by atoms with Crippen molar-refractivity contribution in [2.24, 2.45) is 23.2 Å². The molecule has 3 atom stereocenters. The van der Waals surface area contributed by atoms with E-state index >= 15 is 0 Å². The minimum absolute atomic E-state index is 0. The zero-order valence-corrected chi connectivity index (χ0v) is 23.4. The van der Waals surface area contributed by atoms with Crippen molar-refractivity contribution < 1.29 is 21.2 Å². The maximum absolute atomic E-state index is 6.25. The first-order valence-electron chi connectivity index (χ1n) is 12.7. The van der Waals surface area contributed by atoms with Crippen LogP contribution >= 0.6 is 11.6 Å². The van der Waals surface area contributed by atoms with E-state index in [1.807, 2.05) is 6.07 Å². The lowest BCUT2D eigenvalue weighted by Crippen LogP contribution is -2.52. The van der Waals surface area contributed by atoms with Gasteiger partial charge < -0.3 is 31.4 Å². The average molecular weight is 531 g/mol. The number of nitrogens with one attached hydrogen (secondary N) is 1. The zero-order valence-electron chi connectivity index (χ0n) is 22.7. The van der Waals surface area contributed by atoms with Gasteiger partial charge in [-0.05, 0) is 86.9 Å². The molecule has 1 aliphatic heterocycles. The fraction of sp³-hybridized carbons (Fsp3) is 0.724. The molecule has 3 rings (SSSR count). The molecular formula is C29H55ClN2O4. The number of piperidine rings is 1. The van der Waals surface area contributed by atoms with E-state index in [9.17, 15) is 0 Å². The maximum atomic E-state index is 6.25. The normalized spacial score (nSPS) is 22.3. The van der Waals surface area contributed by atoms with E-state index in [4.69, 9.17) is 16.3 Å². The molecule has 0 radical (unpaired) electrons. The van der Waals surface area contributed by atoms with Crippen molar-refractivity contribution in [3.63, 3.8) is 0 Å². The highest BCUT2D eigenvalue weighted by atomic mass is 35.5. The van der Waals surface area contributed by atoms with Crippen molar-refractivity contribution in [3.05, 3.63) is 40.9 Å². The third kappa shape index (κ3) is 10.7. The molecule has 2 aliphatic rings. The molecule has 1 aliphatic carbocycles.